The van der Waals surface area contributed by atoms with Crippen LogP contribution in [0.15, 0.2) is 17.0 Å². The van der Waals surface area contributed by atoms with Crippen molar-refractivity contribution in [1.82, 2.24) is 5.16 Å². The monoisotopic (exact) mass is 153 g/mol. The van der Waals surface area contributed by atoms with Crippen molar-refractivity contribution < 1.29 is 4.52 Å². The highest BCUT2D eigenvalue weighted by molar-refractivity contribution is 5.15. The normalized spacial score (nSPS) is 11.9. The Morgan fingerprint density at radius 2 is 2.09 bits per heavy atom. The van der Waals surface area contributed by atoms with Gasteiger partial charge in [-0.2, -0.15) is 0 Å². The number of nitrogens with zero attached hydrogens (tertiary/aromatic N) is 1. The van der Waals surface area contributed by atoms with Crippen molar-refractivity contribution in [3.05, 3.63) is 18.0 Å². The smallest absolute Gasteiger partial charge is 0.127 e. The van der Waals surface area contributed by atoms with Gasteiger partial charge in [0.25, 0.3) is 0 Å². The molecule has 0 amide bonds. The average molecular weight is 153 g/mol. The predicted molar refractivity (Wildman–Crippen MR) is 44.4 cm³/mol. The van der Waals surface area contributed by atoms with E-state index in [0.29, 0.717) is 0 Å². The van der Waals surface area contributed by atoms with Crippen LogP contribution in [0, 0.1) is 0 Å². The van der Waals surface area contributed by atoms with E-state index in [9.17, 15) is 0 Å². The molecule has 0 N–H and O–H groups in total. The number of aromatic nitrogens is 1. The zero-order valence-corrected chi connectivity index (χ0v) is 7.42. The van der Waals surface area contributed by atoms with Gasteiger partial charge in [0, 0.05) is 5.56 Å². The molecule has 1 heterocycles. The Morgan fingerprint density at radius 1 is 1.45 bits per heavy atom. The van der Waals surface area contributed by atoms with Crippen LogP contribution in [-0.2, 0) is 5.41 Å². The first-order valence-corrected chi connectivity index (χ1v) is 4.13. The van der Waals surface area contributed by atoms with Gasteiger partial charge in [0.15, 0.2) is 0 Å². The van der Waals surface area contributed by atoms with Gasteiger partial charge >= 0.3 is 0 Å². The van der Waals surface area contributed by atoms with Crippen LogP contribution in [0.2, 0.25) is 0 Å². The molecule has 11 heavy (non-hydrogen) atoms. The highest BCUT2D eigenvalue weighted by Crippen LogP contribution is 2.30. The second-order valence-corrected chi connectivity index (χ2v) is 3.18. The highest BCUT2D eigenvalue weighted by atomic mass is 16.5. The van der Waals surface area contributed by atoms with Gasteiger partial charge < -0.3 is 4.52 Å². The largest absolute Gasteiger partial charge is 0.364 e. The Balaban J connectivity index is 2.87. The molecule has 2 nitrogen and oxygen atoms in total. The molecule has 1 rings (SSSR count). The molecule has 0 aromatic carbocycles. The lowest BCUT2D eigenvalue weighted by molar-refractivity contribution is 0.405. The van der Waals surface area contributed by atoms with E-state index in [1.807, 2.05) is 6.20 Å². The molecule has 0 aliphatic carbocycles. The molecule has 2 heteroatoms. The third-order valence-corrected chi connectivity index (χ3v) is 2.69. The average Bonchev–Trinajstić information content (AvgIpc) is 2.55. The van der Waals surface area contributed by atoms with Crippen molar-refractivity contribution in [2.24, 2.45) is 0 Å². The summed E-state index contributed by atoms with van der Waals surface area (Å²) in [5.41, 5.74) is 1.46. The summed E-state index contributed by atoms with van der Waals surface area (Å²) >= 11 is 0. The van der Waals surface area contributed by atoms with E-state index in [1.165, 1.54) is 5.56 Å². The van der Waals surface area contributed by atoms with Crippen molar-refractivity contribution >= 4 is 0 Å². The fourth-order valence-corrected chi connectivity index (χ4v) is 1.16. The number of hydrogen-bond donors (Lipinski definition) is 0. The minimum absolute atomic E-state index is 0.250. The molecule has 0 spiro atoms. The van der Waals surface area contributed by atoms with Gasteiger partial charge in [0.1, 0.15) is 6.26 Å². The SMILES string of the molecule is CCC(C)(CC)c1cnoc1. The van der Waals surface area contributed by atoms with Gasteiger partial charge in [-0.15, -0.1) is 0 Å². The number of hydrogen-bond acceptors (Lipinski definition) is 2. The third-order valence-electron chi connectivity index (χ3n) is 2.69. The Labute approximate surface area is 67.6 Å². The molecular weight excluding hydrogens is 138 g/mol. The van der Waals surface area contributed by atoms with E-state index in [4.69, 9.17) is 4.52 Å². The van der Waals surface area contributed by atoms with E-state index in [2.05, 4.69) is 25.9 Å². The summed E-state index contributed by atoms with van der Waals surface area (Å²) in [5.74, 6) is 0. The van der Waals surface area contributed by atoms with Crippen LogP contribution in [0.25, 0.3) is 0 Å². The standard InChI is InChI=1S/C9H15NO/c1-4-9(3,5-2)8-6-10-11-7-8/h6-7H,4-5H2,1-3H3. The van der Waals surface area contributed by atoms with Crippen molar-refractivity contribution in [3.8, 4) is 0 Å². The Hall–Kier alpha value is -0.790. The van der Waals surface area contributed by atoms with Crippen LogP contribution >= 0.6 is 0 Å². The van der Waals surface area contributed by atoms with E-state index >= 15 is 0 Å². The lowest BCUT2D eigenvalue weighted by atomic mass is 9.80. The first-order valence-electron chi connectivity index (χ1n) is 4.13. The van der Waals surface area contributed by atoms with Gasteiger partial charge in [0.2, 0.25) is 0 Å². The highest BCUT2D eigenvalue weighted by Gasteiger charge is 2.23. The number of rotatable bonds is 3. The lowest BCUT2D eigenvalue weighted by Crippen LogP contribution is -2.18. The molecule has 0 saturated carbocycles. The summed E-state index contributed by atoms with van der Waals surface area (Å²) < 4.78 is 4.81. The van der Waals surface area contributed by atoms with Crippen LogP contribution in [0.4, 0.5) is 0 Å². The van der Waals surface area contributed by atoms with Gasteiger partial charge in [-0.05, 0) is 18.3 Å². The molecular formula is C9H15NO. The van der Waals surface area contributed by atoms with E-state index in [-0.39, 0.29) is 5.41 Å². The topological polar surface area (TPSA) is 26.0 Å². The zero-order chi connectivity index (χ0) is 8.32. The Morgan fingerprint density at radius 3 is 2.45 bits per heavy atom. The zero-order valence-electron chi connectivity index (χ0n) is 7.42. The molecule has 0 saturated heterocycles. The molecule has 0 atom stereocenters. The summed E-state index contributed by atoms with van der Waals surface area (Å²) in [5, 5.41) is 3.71. The molecule has 0 fully saturated rings. The molecule has 0 radical (unpaired) electrons. The van der Waals surface area contributed by atoms with Gasteiger partial charge in [-0.3, -0.25) is 0 Å². The van der Waals surface area contributed by atoms with Crippen LogP contribution in [0.1, 0.15) is 39.2 Å². The van der Waals surface area contributed by atoms with Crippen molar-refractivity contribution in [2.75, 3.05) is 0 Å². The van der Waals surface area contributed by atoms with Crippen molar-refractivity contribution in [1.29, 1.82) is 0 Å². The Kier molecular flexibility index (Phi) is 2.32. The summed E-state index contributed by atoms with van der Waals surface area (Å²) in [6.07, 6.45) is 5.81. The van der Waals surface area contributed by atoms with Crippen LogP contribution < -0.4 is 0 Å². The molecule has 0 bridgehead atoms. The molecule has 1 aromatic rings. The summed E-state index contributed by atoms with van der Waals surface area (Å²) in [6.45, 7) is 6.62. The van der Waals surface area contributed by atoms with Gasteiger partial charge in [-0.1, -0.05) is 25.9 Å². The van der Waals surface area contributed by atoms with Gasteiger partial charge in [0.05, 0.1) is 6.20 Å². The van der Waals surface area contributed by atoms with Crippen molar-refractivity contribution in [3.63, 3.8) is 0 Å². The molecule has 0 unspecified atom stereocenters. The Bertz CT molecular complexity index is 199. The lowest BCUT2D eigenvalue weighted by Gasteiger charge is -2.23. The minimum atomic E-state index is 0.250. The maximum atomic E-state index is 4.81. The maximum Gasteiger partial charge on any atom is 0.127 e. The van der Waals surface area contributed by atoms with E-state index in [0.717, 1.165) is 12.8 Å². The van der Waals surface area contributed by atoms with Crippen LogP contribution in [0.3, 0.4) is 0 Å². The van der Waals surface area contributed by atoms with Crippen molar-refractivity contribution in [2.45, 2.75) is 39.0 Å². The predicted octanol–water partition coefficient (Wildman–Crippen LogP) is 2.75. The molecule has 0 aliphatic heterocycles. The first-order chi connectivity index (χ1) is 5.23. The van der Waals surface area contributed by atoms with Crippen LogP contribution in [0.5, 0.6) is 0 Å². The molecule has 62 valence electrons. The maximum absolute atomic E-state index is 4.81. The fourth-order valence-electron chi connectivity index (χ4n) is 1.16. The summed E-state index contributed by atoms with van der Waals surface area (Å²) in [7, 11) is 0. The second kappa shape index (κ2) is 3.07. The quantitative estimate of drug-likeness (QED) is 0.667. The summed E-state index contributed by atoms with van der Waals surface area (Å²) in [6, 6.07) is 0. The first kappa shape index (κ1) is 8.31. The van der Waals surface area contributed by atoms with Crippen LogP contribution in [-0.4, -0.2) is 5.16 Å². The molecule has 1 aromatic heterocycles. The summed E-state index contributed by atoms with van der Waals surface area (Å²) in [4.78, 5) is 0. The van der Waals surface area contributed by atoms with Gasteiger partial charge in [-0.25, -0.2) is 0 Å². The third kappa shape index (κ3) is 1.44. The second-order valence-electron chi connectivity index (χ2n) is 3.18. The minimum Gasteiger partial charge on any atom is -0.364 e. The van der Waals surface area contributed by atoms with E-state index < -0.39 is 0 Å². The molecule has 0 aliphatic rings. The van der Waals surface area contributed by atoms with E-state index in [1.54, 1.807) is 6.26 Å². The fraction of sp³-hybridized carbons (Fsp3) is 0.667.